The standard InChI is InChI=1S/C54H38ClN3/c55-54-52(56(43-23-11-3-12-24-43)44-25-13-4-14-26-44)37-47(38-53(54)57(45-27-15-5-16-28-45)46-29-17-6-18-30-46)58-50-33-31-41(39-19-7-1-8-20-39)35-48(50)49-36-42(32-34-51(49)58)40-21-9-2-10-22-40/h1-38H. The van der Waals surface area contributed by atoms with E-state index < -0.39 is 0 Å². The van der Waals surface area contributed by atoms with E-state index in [9.17, 15) is 0 Å². The normalized spacial score (nSPS) is 11.2. The van der Waals surface area contributed by atoms with Crippen molar-refractivity contribution in [3.05, 3.63) is 236 Å². The number of hydrogen-bond acceptors (Lipinski definition) is 2. The molecule has 0 saturated heterocycles. The van der Waals surface area contributed by atoms with Crippen LogP contribution < -0.4 is 9.80 Å². The Morgan fingerprint density at radius 2 is 0.621 bits per heavy atom. The van der Waals surface area contributed by atoms with Gasteiger partial charge in [0.05, 0.1) is 33.1 Å². The summed E-state index contributed by atoms with van der Waals surface area (Å²) in [5.41, 5.74) is 13.7. The highest BCUT2D eigenvalue weighted by molar-refractivity contribution is 6.37. The van der Waals surface area contributed by atoms with Gasteiger partial charge >= 0.3 is 0 Å². The van der Waals surface area contributed by atoms with Crippen molar-refractivity contribution in [1.29, 1.82) is 0 Å². The molecule has 10 rings (SSSR count). The van der Waals surface area contributed by atoms with Crippen LogP contribution in [0.15, 0.2) is 231 Å². The van der Waals surface area contributed by atoms with E-state index in [-0.39, 0.29) is 0 Å². The van der Waals surface area contributed by atoms with E-state index in [1.807, 2.05) is 24.3 Å². The first-order valence-electron chi connectivity index (χ1n) is 19.5. The molecule has 10 aromatic rings. The van der Waals surface area contributed by atoms with E-state index in [4.69, 9.17) is 11.6 Å². The third-order valence-corrected chi connectivity index (χ3v) is 11.2. The fraction of sp³-hybridized carbons (Fsp3) is 0. The third kappa shape index (κ3) is 6.48. The number of nitrogens with zero attached hydrogens (tertiary/aromatic N) is 3. The van der Waals surface area contributed by atoms with Crippen molar-refractivity contribution in [2.75, 3.05) is 9.80 Å². The average molecular weight is 764 g/mol. The molecule has 0 spiro atoms. The predicted molar refractivity (Wildman–Crippen MR) is 246 cm³/mol. The second kappa shape index (κ2) is 15.3. The van der Waals surface area contributed by atoms with Crippen molar-refractivity contribution >= 4 is 67.5 Å². The van der Waals surface area contributed by atoms with Crippen LogP contribution in [0.2, 0.25) is 5.02 Å². The van der Waals surface area contributed by atoms with Gasteiger partial charge in [0.15, 0.2) is 0 Å². The number of anilines is 6. The molecule has 1 heterocycles. The lowest BCUT2D eigenvalue weighted by atomic mass is 10.0. The number of benzene rings is 9. The molecule has 0 bridgehead atoms. The fourth-order valence-corrected chi connectivity index (χ4v) is 8.40. The summed E-state index contributed by atoms with van der Waals surface area (Å²) in [5.74, 6) is 0. The number of para-hydroxylation sites is 4. The smallest absolute Gasteiger partial charge is 0.0888 e. The lowest BCUT2D eigenvalue weighted by Crippen LogP contribution is -2.15. The summed E-state index contributed by atoms with van der Waals surface area (Å²) < 4.78 is 2.40. The highest BCUT2D eigenvalue weighted by Crippen LogP contribution is 2.49. The average Bonchev–Trinajstić information content (AvgIpc) is 3.63. The van der Waals surface area contributed by atoms with Crippen molar-refractivity contribution in [3.63, 3.8) is 0 Å². The topological polar surface area (TPSA) is 11.4 Å². The van der Waals surface area contributed by atoms with Gasteiger partial charge in [0, 0.05) is 33.5 Å². The predicted octanol–water partition coefficient (Wildman–Crippen LogP) is 15.7. The van der Waals surface area contributed by atoms with Gasteiger partial charge in [0.2, 0.25) is 0 Å². The van der Waals surface area contributed by atoms with Gasteiger partial charge in [-0.15, -0.1) is 0 Å². The molecule has 0 saturated carbocycles. The molecule has 1 aromatic heterocycles. The van der Waals surface area contributed by atoms with Crippen LogP contribution in [0.4, 0.5) is 34.1 Å². The summed E-state index contributed by atoms with van der Waals surface area (Å²) in [7, 11) is 0. The van der Waals surface area contributed by atoms with Crippen molar-refractivity contribution in [2.45, 2.75) is 0 Å². The highest BCUT2D eigenvalue weighted by atomic mass is 35.5. The van der Waals surface area contributed by atoms with Crippen LogP contribution in [-0.4, -0.2) is 4.57 Å². The Labute approximate surface area is 343 Å². The molecular weight excluding hydrogens is 726 g/mol. The van der Waals surface area contributed by atoms with Crippen LogP contribution in [0, 0.1) is 0 Å². The maximum absolute atomic E-state index is 7.85. The van der Waals surface area contributed by atoms with Crippen molar-refractivity contribution in [2.24, 2.45) is 0 Å². The van der Waals surface area contributed by atoms with Gasteiger partial charge in [-0.25, -0.2) is 0 Å². The summed E-state index contributed by atoms with van der Waals surface area (Å²) in [6.07, 6.45) is 0. The second-order valence-corrected chi connectivity index (χ2v) is 14.7. The van der Waals surface area contributed by atoms with Crippen LogP contribution >= 0.6 is 11.6 Å². The summed E-state index contributed by atoms with van der Waals surface area (Å²) in [6.45, 7) is 0. The minimum atomic E-state index is 0.627. The summed E-state index contributed by atoms with van der Waals surface area (Å²) in [4.78, 5) is 4.52. The van der Waals surface area contributed by atoms with Crippen molar-refractivity contribution in [3.8, 4) is 27.9 Å². The van der Waals surface area contributed by atoms with Crippen LogP contribution in [0.3, 0.4) is 0 Å². The van der Waals surface area contributed by atoms with Gasteiger partial charge in [-0.2, -0.15) is 0 Å². The molecule has 0 aliphatic heterocycles. The van der Waals surface area contributed by atoms with E-state index >= 15 is 0 Å². The van der Waals surface area contributed by atoms with E-state index in [2.05, 4.69) is 221 Å². The molecule has 0 unspecified atom stereocenters. The van der Waals surface area contributed by atoms with Gasteiger partial charge < -0.3 is 14.4 Å². The third-order valence-electron chi connectivity index (χ3n) is 10.8. The molecule has 9 aromatic carbocycles. The zero-order chi connectivity index (χ0) is 38.8. The van der Waals surface area contributed by atoms with Crippen LogP contribution in [0.25, 0.3) is 49.7 Å². The minimum Gasteiger partial charge on any atom is -0.309 e. The van der Waals surface area contributed by atoms with Crippen LogP contribution in [0.1, 0.15) is 0 Å². The second-order valence-electron chi connectivity index (χ2n) is 14.3. The van der Waals surface area contributed by atoms with Crippen LogP contribution in [0.5, 0.6) is 0 Å². The first kappa shape index (κ1) is 35.1. The molecule has 0 amide bonds. The summed E-state index contributed by atoms with van der Waals surface area (Å²) in [6, 6.07) is 81.3. The van der Waals surface area contributed by atoms with E-state index in [0.29, 0.717) is 5.02 Å². The molecule has 0 aliphatic carbocycles. The monoisotopic (exact) mass is 763 g/mol. The highest BCUT2D eigenvalue weighted by Gasteiger charge is 2.25. The van der Waals surface area contributed by atoms with Gasteiger partial charge in [0.25, 0.3) is 0 Å². The number of aromatic nitrogens is 1. The zero-order valence-corrected chi connectivity index (χ0v) is 32.4. The number of halogens is 1. The molecule has 0 fully saturated rings. The van der Waals surface area contributed by atoms with Gasteiger partial charge in [0.1, 0.15) is 0 Å². The van der Waals surface area contributed by atoms with E-state index in [1.54, 1.807) is 0 Å². The summed E-state index contributed by atoms with van der Waals surface area (Å²) >= 11 is 7.85. The van der Waals surface area contributed by atoms with Crippen molar-refractivity contribution in [1.82, 2.24) is 4.57 Å². The SMILES string of the molecule is Clc1c(N(c2ccccc2)c2ccccc2)cc(-n2c3ccc(-c4ccccc4)cc3c3cc(-c4ccccc4)ccc32)cc1N(c1ccccc1)c1ccccc1. The Balaban J connectivity index is 1.30. The lowest BCUT2D eigenvalue weighted by molar-refractivity contribution is 1.16. The zero-order valence-electron chi connectivity index (χ0n) is 31.7. The first-order chi connectivity index (χ1) is 28.7. The molecule has 0 N–H and O–H groups in total. The Kier molecular flexibility index (Phi) is 9.27. The lowest BCUT2D eigenvalue weighted by Gasteiger charge is -2.32. The molecule has 58 heavy (non-hydrogen) atoms. The molecule has 0 aliphatic rings. The van der Waals surface area contributed by atoms with E-state index in [1.165, 1.54) is 33.0 Å². The summed E-state index contributed by atoms with van der Waals surface area (Å²) in [5, 5.41) is 2.99. The maximum atomic E-state index is 7.85. The van der Waals surface area contributed by atoms with Crippen molar-refractivity contribution < 1.29 is 0 Å². The maximum Gasteiger partial charge on any atom is 0.0888 e. The Morgan fingerprint density at radius 1 is 0.310 bits per heavy atom. The Morgan fingerprint density at radius 3 is 0.948 bits per heavy atom. The Bertz CT molecular complexity index is 2710. The van der Waals surface area contributed by atoms with Crippen LogP contribution in [-0.2, 0) is 0 Å². The molecule has 4 heteroatoms. The van der Waals surface area contributed by atoms with Gasteiger partial charge in [-0.05, 0) is 107 Å². The first-order valence-corrected chi connectivity index (χ1v) is 19.9. The fourth-order valence-electron chi connectivity index (χ4n) is 8.12. The molecule has 276 valence electrons. The number of rotatable bonds is 9. The van der Waals surface area contributed by atoms with E-state index in [0.717, 1.165) is 50.8 Å². The minimum absolute atomic E-state index is 0.627. The molecule has 3 nitrogen and oxygen atoms in total. The van der Waals surface area contributed by atoms with Gasteiger partial charge in [-0.1, -0.05) is 157 Å². The Hall–Kier alpha value is -7.33. The molecule has 0 radical (unpaired) electrons. The van der Waals surface area contributed by atoms with Gasteiger partial charge in [-0.3, -0.25) is 0 Å². The number of hydrogen-bond donors (Lipinski definition) is 0. The molecule has 0 atom stereocenters. The number of fused-ring (bicyclic) bond motifs is 3. The largest absolute Gasteiger partial charge is 0.309 e. The quantitative estimate of drug-likeness (QED) is 0.145. The molecular formula is C54H38ClN3.